The van der Waals surface area contributed by atoms with Gasteiger partial charge in [-0.2, -0.15) is 0 Å². The number of aromatic amines is 1. The van der Waals surface area contributed by atoms with Gasteiger partial charge in [0.05, 0.1) is 23.7 Å². The SMILES string of the molecule is CCOC(=O)c1[nH]c(C)c(C(=O)OCC)c1-c1cccc([N+](=O)[O-])c1. The van der Waals surface area contributed by atoms with Crippen molar-refractivity contribution >= 4 is 17.6 Å². The number of carbonyl (C=O) groups is 2. The van der Waals surface area contributed by atoms with Crippen molar-refractivity contribution in [3.05, 3.63) is 51.3 Å². The molecule has 0 saturated carbocycles. The third-order valence-corrected chi connectivity index (χ3v) is 3.49. The molecule has 2 rings (SSSR count). The van der Waals surface area contributed by atoms with E-state index in [-0.39, 0.29) is 35.7 Å². The quantitative estimate of drug-likeness (QED) is 0.488. The number of ether oxygens (including phenoxy) is 2. The summed E-state index contributed by atoms with van der Waals surface area (Å²) in [6.07, 6.45) is 0. The fraction of sp³-hybridized carbons (Fsp3) is 0.294. The second-order valence-corrected chi connectivity index (χ2v) is 5.12. The van der Waals surface area contributed by atoms with Gasteiger partial charge in [-0.05, 0) is 26.3 Å². The highest BCUT2D eigenvalue weighted by atomic mass is 16.6. The Bertz CT molecular complexity index is 825. The van der Waals surface area contributed by atoms with E-state index in [2.05, 4.69) is 4.98 Å². The molecule has 1 heterocycles. The van der Waals surface area contributed by atoms with Crippen LogP contribution in [0.1, 0.15) is 40.4 Å². The van der Waals surface area contributed by atoms with Crippen molar-refractivity contribution in [2.75, 3.05) is 13.2 Å². The van der Waals surface area contributed by atoms with E-state index in [9.17, 15) is 19.7 Å². The number of nitrogens with zero attached hydrogens (tertiary/aromatic N) is 1. The Balaban J connectivity index is 2.71. The highest BCUT2D eigenvalue weighted by Gasteiger charge is 2.28. The maximum atomic E-state index is 12.3. The summed E-state index contributed by atoms with van der Waals surface area (Å²) in [6, 6.07) is 5.70. The van der Waals surface area contributed by atoms with Crippen LogP contribution >= 0.6 is 0 Å². The van der Waals surface area contributed by atoms with E-state index >= 15 is 0 Å². The molecule has 8 heteroatoms. The summed E-state index contributed by atoms with van der Waals surface area (Å²) >= 11 is 0. The zero-order chi connectivity index (χ0) is 18.6. The summed E-state index contributed by atoms with van der Waals surface area (Å²) in [5.74, 6) is -1.27. The number of carbonyl (C=O) groups excluding carboxylic acids is 2. The summed E-state index contributed by atoms with van der Waals surface area (Å²) in [5.41, 5.74) is 1.07. The Labute approximate surface area is 143 Å². The highest BCUT2D eigenvalue weighted by Crippen LogP contribution is 2.33. The topological polar surface area (TPSA) is 112 Å². The first-order valence-electron chi connectivity index (χ1n) is 7.72. The molecule has 0 amide bonds. The van der Waals surface area contributed by atoms with Crippen molar-refractivity contribution < 1.29 is 24.0 Å². The molecule has 0 unspecified atom stereocenters. The fourth-order valence-electron chi connectivity index (χ4n) is 2.50. The number of H-pyrrole nitrogens is 1. The minimum absolute atomic E-state index is 0.0582. The molecule has 25 heavy (non-hydrogen) atoms. The number of aromatic nitrogens is 1. The smallest absolute Gasteiger partial charge is 0.355 e. The van der Waals surface area contributed by atoms with Crippen molar-refractivity contribution in [1.29, 1.82) is 0 Å². The molecule has 0 spiro atoms. The third-order valence-electron chi connectivity index (χ3n) is 3.49. The fourth-order valence-corrected chi connectivity index (χ4v) is 2.50. The van der Waals surface area contributed by atoms with Gasteiger partial charge in [-0.1, -0.05) is 12.1 Å². The maximum absolute atomic E-state index is 12.3. The molecule has 1 aromatic heterocycles. The van der Waals surface area contributed by atoms with Crippen molar-refractivity contribution in [3.63, 3.8) is 0 Å². The van der Waals surface area contributed by atoms with Crippen LogP contribution in [0.2, 0.25) is 0 Å². The lowest BCUT2D eigenvalue weighted by molar-refractivity contribution is -0.384. The van der Waals surface area contributed by atoms with E-state index in [0.29, 0.717) is 11.3 Å². The molecule has 2 aromatic rings. The van der Waals surface area contributed by atoms with Crippen LogP contribution in [-0.2, 0) is 9.47 Å². The predicted octanol–water partition coefficient (Wildman–Crippen LogP) is 3.25. The first kappa shape index (κ1) is 18.2. The summed E-state index contributed by atoms with van der Waals surface area (Å²) in [6.45, 7) is 5.26. The van der Waals surface area contributed by atoms with E-state index < -0.39 is 16.9 Å². The van der Waals surface area contributed by atoms with Crippen molar-refractivity contribution in [3.8, 4) is 11.1 Å². The number of hydrogen-bond acceptors (Lipinski definition) is 6. The largest absolute Gasteiger partial charge is 0.462 e. The van der Waals surface area contributed by atoms with Gasteiger partial charge in [0, 0.05) is 23.4 Å². The van der Waals surface area contributed by atoms with Crippen molar-refractivity contribution in [2.45, 2.75) is 20.8 Å². The number of benzene rings is 1. The molecule has 0 fully saturated rings. The Morgan fingerprint density at radius 3 is 2.40 bits per heavy atom. The van der Waals surface area contributed by atoms with Gasteiger partial charge in [0.25, 0.3) is 5.69 Å². The van der Waals surface area contributed by atoms with Crippen LogP contribution in [0, 0.1) is 17.0 Å². The lowest BCUT2D eigenvalue weighted by Crippen LogP contribution is -2.09. The minimum atomic E-state index is -0.650. The molecule has 0 radical (unpaired) electrons. The van der Waals surface area contributed by atoms with Crippen molar-refractivity contribution in [2.24, 2.45) is 0 Å². The van der Waals surface area contributed by atoms with Gasteiger partial charge in [-0.15, -0.1) is 0 Å². The first-order valence-corrected chi connectivity index (χ1v) is 7.72. The van der Waals surface area contributed by atoms with Gasteiger partial charge in [-0.25, -0.2) is 9.59 Å². The van der Waals surface area contributed by atoms with Gasteiger partial charge in [0.2, 0.25) is 0 Å². The molecule has 1 aromatic carbocycles. The van der Waals surface area contributed by atoms with E-state index in [1.54, 1.807) is 26.8 Å². The standard InChI is InChI=1S/C17H18N2O6/c1-4-24-16(20)13-10(3)18-15(17(21)25-5-2)14(13)11-7-6-8-12(9-11)19(22)23/h6-9,18H,4-5H2,1-3H3. The Kier molecular flexibility index (Phi) is 5.53. The van der Waals surface area contributed by atoms with Gasteiger partial charge < -0.3 is 14.5 Å². The number of nitrogens with one attached hydrogen (secondary N) is 1. The van der Waals surface area contributed by atoms with Crippen LogP contribution < -0.4 is 0 Å². The first-order chi connectivity index (χ1) is 11.9. The van der Waals surface area contributed by atoms with Crippen LogP contribution in [-0.4, -0.2) is 35.1 Å². The number of aryl methyl sites for hydroxylation is 1. The molecular weight excluding hydrogens is 328 g/mol. The number of esters is 2. The average molecular weight is 346 g/mol. The van der Waals surface area contributed by atoms with Crippen molar-refractivity contribution in [1.82, 2.24) is 4.98 Å². The number of rotatable bonds is 6. The third kappa shape index (κ3) is 3.68. The van der Waals surface area contributed by atoms with Crippen LogP contribution in [0.25, 0.3) is 11.1 Å². The number of nitro benzene ring substituents is 1. The summed E-state index contributed by atoms with van der Waals surface area (Å²) in [4.78, 5) is 37.9. The molecule has 0 aliphatic carbocycles. The van der Waals surface area contributed by atoms with Crippen LogP contribution in [0.4, 0.5) is 5.69 Å². The van der Waals surface area contributed by atoms with Crippen LogP contribution in [0.5, 0.6) is 0 Å². The molecule has 1 N–H and O–H groups in total. The number of hydrogen-bond donors (Lipinski definition) is 1. The lowest BCUT2D eigenvalue weighted by Gasteiger charge is -2.08. The highest BCUT2D eigenvalue weighted by molar-refractivity contribution is 6.06. The summed E-state index contributed by atoms with van der Waals surface area (Å²) in [7, 11) is 0. The minimum Gasteiger partial charge on any atom is -0.462 e. The van der Waals surface area contributed by atoms with E-state index in [4.69, 9.17) is 9.47 Å². The van der Waals surface area contributed by atoms with Gasteiger partial charge in [0.1, 0.15) is 5.69 Å². The normalized spacial score (nSPS) is 10.4. The molecule has 0 aliphatic heterocycles. The summed E-state index contributed by atoms with van der Waals surface area (Å²) < 4.78 is 10.1. The Morgan fingerprint density at radius 2 is 1.80 bits per heavy atom. The Hall–Kier alpha value is -3.16. The number of non-ortho nitro benzene ring substituents is 1. The monoisotopic (exact) mass is 346 g/mol. The second kappa shape index (κ2) is 7.61. The zero-order valence-corrected chi connectivity index (χ0v) is 14.1. The van der Waals surface area contributed by atoms with Gasteiger partial charge in [-0.3, -0.25) is 10.1 Å². The molecular formula is C17H18N2O6. The van der Waals surface area contributed by atoms with Gasteiger partial charge in [0.15, 0.2) is 0 Å². The molecule has 0 saturated heterocycles. The average Bonchev–Trinajstić information content (AvgIpc) is 2.93. The number of nitro groups is 1. The van der Waals surface area contributed by atoms with E-state index in [1.165, 1.54) is 18.2 Å². The van der Waals surface area contributed by atoms with Crippen LogP contribution in [0.3, 0.4) is 0 Å². The van der Waals surface area contributed by atoms with Gasteiger partial charge >= 0.3 is 11.9 Å². The Morgan fingerprint density at radius 1 is 1.16 bits per heavy atom. The molecule has 0 aliphatic rings. The second-order valence-electron chi connectivity index (χ2n) is 5.12. The molecule has 0 bridgehead atoms. The van der Waals surface area contributed by atoms with Crippen LogP contribution in [0.15, 0.2) is 24.3 Å². The van der Waals surface area contributed by atoms with E-state index in [0.717, 1.165) is 0 Å². The lowest BCUT2D eigenvalue weighted by atomic mass is 9.99. The molecule has 132 valence electrons. The maximum Gasteiger partial charge on any atom is 0.355 e. The predicted molar refractivity (Wildman–Crippen MR) is 89.5 cm³/mol. The molecule has 8 nitrogen and oxygen atoms in total. The summed E-state index contributed by atoms with van der Waals surface area (Å²) in [5, 5.41) is 11.0. The zero-order valence-electron chi connectivity index (χ0n) is 14.1. The molecule has 0 atom stereocenters. The van der Waals surface area contributed by atoms with E-state index in [1.807, 2.05) is 0 Å².